The number of halogens is 4. The summed E-state index contributed by atoms with van der Waals surface area (Å²) in [5.41, 5.74) is 0.660. The van der Waals surface area contributed by atoms with Crippen molar-refractivity contribution in [3.05, 3.63) is 69.4 Å². The van der Waals surface area contributed by atoms with E-state index in [4.69, 9.17) is 5.26 Å². The van der Waals surface area contributed by atoms with Gasteiger partial charge in [-0.3, -0.25) is 0 Å². The van der Waals surface area contributed by atoms with E-state index in [0.29, 0.717) is 16.9 Å². The van der Waals surface area contributed by atoms with Crippen molar-refractivity contribution in [3.63, 3.8) is 0 Å². The molecule has 0 aliphatic carbocycles. The Labute approximate surface area is 173 Å². The van der Waals surface area contributed by atoms with Crippen LogP contribution in [0.2, 0.25) is 0 Å². The van der Waals surface area contributed by atoms with E-state index in [1.165, 1.54) is 11.9 Å². The topological polar surface area (TPSA) is 64.8 Å². The van der Waals surface area contributed by atoms with Gasteiger partial charge in [0, 0.05) is 28.2 Å². The molecule has 0 atom stereocenters. The number of alkyl halides is 3. The van der Waals surface area contributed by atoms with Crippen LogP contribution in [-0.4, -0.2) is 17.0 Å². The van der Waals surface area contributed by atoms with Crippen LogP contribution >= 0.6 is 22.6 Å². The molecule has 5 nitrogen and oxygen atoms in total. The first-order valence-corrected chi connectivity index (χ1v) is 9.06. The number of hydrogen-bond donors (Lipinski definition) is 1. The van der Waals surface area contributed by atoms with Gasteiger partial charge in [0.1, 0.15) is 5.56 Å². The molecular formula is C19H13F3IN5. The summed E-state index contributed by atoms with van der Waals surface area (Å²) in [7, 11) is 1.52. The van der Waals surface area contributed by atoms with Crippen molar-refractivity contribution in [1.82, 2.24) is 9.97 Å². The summed E-state index contributed by atoms with van der Waals surface area (Å²) < 4.78 is 41.4. The van der Waals surface area contributed by atoms with Gasteiger partial charge in [0.15, 0.2) is 5.82 Å². The van der Waals surface area contributed by atoms with Crippen molar-refractivity contribution in [2.45, 2.75) is 6.18 Å². The molecule has 0 saturated heterocycles. The number of nitrogens with one attached hydrogen (secondary N) is 1. The maximum Gasteiger partial charge on any atom is 0.421 e. The molecule has 0 radical (unpaired) electrons. The molecule has 0 amide bonds. The molecule has 3 aromatic rings. The van der Waals surface area contributed by atoms with Crippen LogP contribution in [0, 0.1) is 14.9 Å². The zero-order valence-electron chi connectivity index (χ0n) is 14.5. The molecule has 0 bridgehead atoms. The van der Waals surface area contributed by atoms with Crippen LogP contribution in [0.15, 0.2) is 54.7 Å². The standard InChI is InChI=1S/C19H13F3IN5/c1-28(15-8-4-13(23)5-9-15)17-16(19(20,21)22)11-25-18(27-17)26-14-6-2-12(10-24)3-7-14/h2-9,11H,1H3,(H,25,26,27). The van der Waals surface area contributed by atoms with Gasteiger partial charge in [0.25, 0.3) is 0 Å². The Morgan fingerprint density at radius 3 is 2.29 bits per heavy atom. The summed E-state index contributed by atoms with van der Waals surface area (Å²) >= 11 is 2.12. The largest absolute Gasteiger partial charge is 0.421 e. The van der Waals surface area contributed by atoms with Gasteiger partial charge < -0.3 is 10.2 Å². The van der Waals surface area contributed by atoms with E-state index in [-0.39, 0.29) is 11.8 Å². The summed E-state index contributed by atoms with van der Waals surface area (Å²) in [4.78, 5) is 9.26. The number of nitriles is 1. The van der Waals surface area contributed by atoms with Gasteiger partial charge in [-0.2, -0.15) is 23.4 Å². The summed E-state index contributed by atoms with van der Waals surface area (Å²) in [5, 5.41) is 11.7. The molecule has 0 saturated carbocycles. The highest BCUT2D eigenvalue weighted by Gasteiger charge is 2.36. The fourth-order valence-electron chi connectivity index (χ4n) is 2.43. The Balaban J connectivity index is 1.99. The quantitative estimate of drug-likeness (QED) is 0.486. The summed E-state index contributed by atoms with van der Waals surface area (Å²) in [6.45, 7) is 0. The molecule has 0 aliphatic heterocycles. The van der Waals surface area contributed by atoms with Crippen LogP contribution in [0.4, 0.5) is 36.3 Å². The fraction of sp³-hybridized carbons (Fsp3) is 0.105. The van der Waals surface area contributed by atoms with Crippen LogP contribution in [0.5, 0.6) is 0 Å². The minimum atomic E-state index is -4.60. The second-order valence-corrected chi connectivity index (χ2v) is 7.02. The molecule has 0 aliphatic rings. The first kappa shape index (κ1) is 19.9. The Morgan fingerprint density at radius 1 is 1.07 bits per heavy atom. The predicted molar refractivity (Wildman–Crippen MR) is 109 cm³/mol. The molecule has 3 rings (SSSR count). The fourth-order valence-corrected chi connectivity index (χ4v) is 2.79. The number of aromatic nitrogens is 2. The van der Waals surface area contributed by atoms with Crippen molar-refractivity contribution < 1.29 is 13.2 Å². The third-order valence-corrected chi connectivity index (χ3v) is 4.59. The lowest BCUT2D eigenvalue weighted by atomic mass is 10.2. The normalized spacial score (nSPS) is 11.0. The molecule has 0 unspecified atom stereocenters. The van der Waals surface area contributed by atoms with Crippen molar-refractivity contribution in [2.75, 3.05) is 17.3 Å². The molecule has 1 heterocycles. The smallest absolute Gasteiger partial charge is 0.329 e. The predicted octanol–water partition coefficient (Wildman–Crippen LogP) is 5.48. The third-order valence-electron chi connectivity index (χ3n) is 3.88. The van der Waals surface area contributed by atoms with E-state index in [9.17, 15) is 13.2 Å². The highest BCUT2D eigenvalue weighted by atomic mass is 127. The average Bonchev–Trinajstić information content (AvgIpc) is 2.68. The van der Waals surface area contributed by atoms with Crippen molar-refractivity contribution in [1.29, 1.82) is 5.26 Å². The summed E-state index contributed by atoms with van der Waals surface area (Å²) in [6, 6.07) is 15.5. The van der Waals surface area contributed by atoms with E-state index in [1.54, 1.807) is 48.5 Å². The van der Waals surface area contributed by atoms with Crippen LogP contribution < -0.4 is 10.2 Å². The van der Waals surface area contributed by atoms with Crippen LogP contribution in [0.25, 0.3) is 0 Å². The van der Waals surface area contributed by atoms with Crippen LogP contribution in [0.1, 0.15) is 11.1 Å². The van der Waals surface area contributed by atoms with E-state index in [2.05, 4.69) is 37.9 Å². The monoisotopic (exact) mass is 495 g/mol. The molecule has 1 N–H and O–H groups in total. The number of anilines is 4. The molecule has 142 valence electrons. The highest BCUT2D eigenvalue weighted by Crippen LogP contribution is 2.37. The molecule has 0 spiro atoms. The maximum absolute atomic E-state index is 13.5. The van der Waals surface area contributed by atoms with E-state index >= 15 is 0 Å². The van der Waals surface area contributed by atoms with Gasteiger partial charge in [0.2, 0.25) is 5.95 Å². The van der Waals surface area contributed by atoms with Gasteiger partial charge in [-0.05, 0) is 71.1 Å². The van der Waals surface area contributed by atoms with Crippen LogP contribution in [-0.2, 0) is 6.18 Å². The van der Waals surface area contributed by atoms with Gasteiger partial charge in [-0.25, -0.2) is 4.98 Å². The zero-order chi connectivity index (χ0) is 20.3. The van der Waals surface area contributed by atoms with Gasteiger partial charge in [-0.1, -0.05) is 0 Å². The second-order valence-electron chi connectivity index (χ2n) is 5.78. The number of nitrogens with zero attached hydrogens (tertiary/aromatic N) is 4. The lowest BCUT2D eigenvalue weighted by Crippen LogP contribution is -2.19. The number of hydrogen-bond acceptors (Lipinski definition) is 5. The second kappa shape index (κ2) is 8.02. The van der Waals surface area contributed by atoms with Crippen molar-refractivity contribution >= 4 is 45.7 Å². The molecule has 9 heteroatoms. The van der Waals surface area contributed by atoms with E-state index in [0.717, 1.165) is 9.77 Å². The van der Waals surface area contributed by atoms with Crippen LogP contribution in [0.3, 0.4) is 0 Å². The highest BCUT2D eigenvalue weighted by molar-refractivity contribution is 14.1. The lowest BCUT2D eigenvalue weighted by Gasteiger charge is -2.23. The number of benzene rings is 2. The first-order chi connectivity index (χ1) is 13.3. The van der Waals surface area contributed by atoms with Crippen molar-refractivity contribution in [2.24, 2.45) is 0 Å². The third kappa shape index (κ3) is 4.51. The van der Waals surface area contributed by atoms with E-state index in [1.807, 2.05) is 6.07 Å². The number of rotatable bonds is 4. The van der Waals surface area contributed by atoms with Gasteiger partial charge in [-0.15, -0.1) is 0 Å². The summed E-state index contributed by atoms with van der Waals surface area (Å²) in [5.74, 6) is -0.245. The van der Waals surface area contributed by atoms with Gasteiger partial charge >= 0.3 is 6.18 Å². The minimum Gasteiger partial charge on any atom is -0.329 e. The Bertz CT molecular complexity index is 1010. The van der Waals surface area contributed by atoms with E-state index < -0.39 is 11.7 Å². The van der Waals surface area contributed by atoms with Gasteiger partial charge in [0.05, 0.1) is 11.6 Å². The average molecular weight is 495 g/mol. The minimum absolute atomic E-state index is 0.0186. The SMILES string of the molecule is CN(c1ccc(I)cc1)c1nc(Nc2ccc(C#N)cc2)ncc1C(F)(F)F. The molecule has 2 aromatic carbocycles. The van der Waals surface area contributed by atoms with Crippen molar-refractivity contribution in [3.8, 4) is 6.07 Å². The molecular weight excluding hydrogens is 482 g/mol. The Kier molecular flexibility index (Phi) is 5.69. The molecule has 0 fully saturated rings. The first-order valence-electron chi connectivity index (χ1n) is 7.98. The Hall–Kier alpha value is -2.87. The molecule has 28 heavy (non-hydrogen) atoms. The molecule has 1 aromatic heterocycles. The lowest BCUT2D eigenvalue weighted by molar-refractivity contribution is -0.137. The summed E-state index contributed by atoms with van der Waals surface area (Å²) in [6.07, 6.45) is -3.84. The zero-order valence-corrected chi connectivity index (χ0v) is 16.7. The maximum atomic E-state index is 13.5. The Morgan fingerprint density at radius 2 is 1.71 bits per heavy atom.